The van der Waals surface area contributed by atoms with Gasteiger partial charge in [0.25, 0.3) is 0 Å². The molecule has 0 fully saturated rings. The van der Waals surface area contributed by atoms with Crippen LogP contribution in [0.4, 0.5) is 9.18 Å². The Kier molecular flexibility index (Phi) is 6.56. The predicted octanol–water partition coefficient (Wildman–Crippen LogP) is 5.50. The number of halogens is 1. The fraction of sp³-hybridized carbons (Fsp3) is 0.148. The number of oxime groups is 1. The second kappa shape index (κ2) is 9.77. The Morgan fingerprint density at radius 2 is 1.86 bits per heavy atom. The van der Waals surface area contributed by atoms with E-state index in [9.17, 15) is 9.90 Å². The summed E-state index contributed by atoms with van der Waals surface area (Å²) in [5.74, 6) is -0.224. The van der Waals surface area contributed by atoms with Gasteiger partial charge in [-0.2, -0.15) is 0 Å². The Morgan fingerprint density at radius 3 is 2.63 bits per heavy atom. The van der Waals surface area contributed by atoms with Gasteiger partial charge in [0.1, 0.15) is 0 Å². The van der Waals surface area contributed by atoms with Crippen LogP contribution >= 0.6 is 0 Å². The summed E-state index contributed by atoms with van der Waals surface area (Å²) in [6.07, 6.45) is 0.403. The fourth-order valence-corrected chi connectivity index (χ4v) is 5.53. The molecule has 35 heavy (non-hydrogen) atoms. The maximum atomic E-state index is 15.1. The van der Waals surface area contributed by atoms with Crippen LogP contribution < -0.4 is 4.74 Å². The van der Waals surface area contributed by atoms with Gasteiger partial charge < -0.3 is 5.11 Å². The van der Waals surface area contributed by atoms with Crippen LogP contribution in [-0.4, -0.2) is 49.2 Å². The molecule has 171 valence electrons. The standard InChI is InChI=1S/C27H21FN2O4.Na/c1-17-13-25(33-12-11-29-34-16-31)26(28)18(2)23(17)15-22-9-10-24(32)27(30-22)21-8-7-19-5-3-4-6-20(19)14-21;/h3-10,13-14,32H,12,15H2,1-2H3;. The molecule has 0 saturated carbocycles. The first kappa shape index (κ1) is 23.5. The minimum atomic E-state index is -1.76. The number of aromatic nitrogens is 1. The van der Waals surface area contributed by atoms with Crippen molar-refractivity contribution in [3.63, 3.8) is 0 Å². The zero-order chi connectivity index (χ0) is 24.5. The molecule has 0 aliphatic carbocycles. The van der Waals surface area contributed by atoms with Gasteiger partial charge in [0.05, 0.1) is 0 Å². The molecule has 0 spiro atoms. The second-order valence-electron chi connectivity index (χ2n) is 8.97. The van der Waals surface area contributed by atoms with Crippen LogP contribution in [0.25, 0.3) is 22.0 Å². The summed E-state index contributed by atoms with van der Waals surface area (Å²) in [5.41, 5.74) is 4.17. The molecule has 1 aliphatic heterocycles. The molecule has 0 saturated heterocycles. The second-order valence-corrected chi connectivity index (χ2v) is 11.4. The van der Waals surface area contributed by atoms with E-state index in [0.717, 1.165) is 33.2 Å². The van der Waals surface area contributed by atoms with Crippen molar-refractivity contribution >= 4 is 43.3 Å². The van der Waals surface area contributed by atoms with Gasteiger partial charge in [-0.05, 0) is 16.8 Å². The molecule has 5 radical (unpaired) electrons. The molecule has 1 N–H and O–H groups in total. The molecule has 3 aromatic carbocycles. The van der Waals surface area contributed by atoms with Crippen molar-refractivity contribution in [1.82, 2.24) is 4.98 Å². The first-order chi connectivity index (χ1) is 16.9. The number of nitrogens with zero attached hydrogens (tertiary/aromatic N) is 2. The number of hydrogen-bond acceptors (Lipinski definition) is 6. The normalized spacial score (nSPS) is 13.1. The van der Waals surface area contributed by atoms with Crippen LogP contribution in [0.1, 0.15) is 22.4 Å². The molecule has 0 bridgehead atoms. The van der Waals surface area contributed by atoms with Crippen molar-refractivity contribution in [2.45, 2.75) is 20.3 Å². The van der Waals surface area contributed by atoms with Crippen molar-refractivity contribution in [2.24, 2.45) is 5.16 Å². The predicted molar refractivity (Wildman–Crippen MR) is 133 cm³/mol. The van der Waals surface area contributed by atoms with Gasteiger partial charge in [0.15, 0.2) is 0 Å². The number of carbonyl (C=O) groups is 1. The molecule has 0 amide bonds. The number of carbonyl (C=O) groups excluding carboxylic acids is 1. The Hall–Kier alpha value is -3.26. The van der Waals surface area contributed by atoms with Gasteiger partial charge in [-0.15, -0.1) is 0 Å². The van der Waals surface area contributed by atoms with Crippen LogP contribution in [0, 0.1) is 19.7 Å². The average Bonchev–Trinajstić information content (AvgIpc) is 3.28. The Labute approximate surface area is 214 Å². The SMILES string of the molecule is Cc1cc(OC[C]2=NO[C](=O)[Na]2)c(F)c(C)c1Cc1ccc(O)c(-c2ccc3ccccc3c2)n1. The molecular formula is C27H21FN2NaO4. The number of aromatic hydroxyl groups is 1. The third-order valence-electron chi connectivity index (χ3n) is 6.39. The van der Waals surface area contributed by atoms with E-state index in [-0.39, 0.29) is 21.3 Å². The van der Waals surface area contributed by atoms with Crippen LogP contribution in [0.15, 0.2) is 65.8 Å². The Balaban J connectivity index is 1.41. The number of ether oxygens (including phenoxy) is 1. The van der Waals surface area contributed by atoms with Gasteiger partial charge in [0.2, 0.25) is 0 Å². The number of rotatable bonds is 6. The van der Waals surface area contributed by atoms with E-state index in [1.807, 2.05) is 49.4 Å². The van der Waals surface area contributed by atoms with Crippen LogP contribution in [-0.2, 0) is 11.3 Å². The maximum absolute atomic E-state index is 15.1. The summed E-state index contributed by atoms with van der Waals surface area (Å²) in [4.78, 5) is 20.6. The number of fused-ring (bicyclic) bond motifs is 1. The number of benzene rings is 3. The minimum absolute atomic E-state index is 0.0681. The van der Waals surface area contributed by atoms with E-state index in [1.165, 1.54) is 0 Å². The zero-order valence-corrected chi connectivity index (χ0v) is 21.6. The first-order valence-electron chi connectivity index (χ1n) is 11.5. The summed E-state index contributed by atoms with van der Waals surface area (Å²) in [6, 6.07) is 19.0. The van der Waals surface area contributed by atoms with E-state index in [1.54, 1.807) is 25.1 Å². The molecule has 0 unspecified atom stereocenters. The zero-order valence-electron chi connectivity index (χ0n) is 19.6. The van der Waals surface area contributed by atoms with Crippen molar-refractivity contribution < 1.29 is 23.9 Å². The molecule has 1 aromatic heterocycles. The van der Waals surface area contributed by atoms with Crippen molar-refractivity contribution in [3.05, 3.63) is 88.9 Å². The van der Waals surface area contributed by atoms with Crippen molar-refractivity contribution in [2.75, 3.05) is 6.61 Å². The topological polar surface area (TPSA) is 81.0 Å². The molecule has 5 rings (SSSR count). The first-order valence-corrected chi connectivity index (χ1v) is 13.5. The molecule has 1 aliphatic rings. The van der Waals surface area contributed by atoms with Gasteiger partial charge in [-0.3, -0.25) is 0 Å². The van der Waals surface area contributed by atoms with E-state index in [2.05, 4.69) is 9.99 Å². The number of pyridine rings is 1. The van der Waals surface area contributed by atoms with Crippen molar-refractivity contribution in [1.29, 1.82) is 0 Å². The monoisotopic (exact) mass is 479 g/mol. The third kappa shape index (κ3) is 4.93. The van der Waals surface area contributed by atoms with E-state index in [4.69, 9.17) is 9.72 Å². The third-order valence-corrected chi connectivity index (χ3v) is 8.03. The van der Waals surface area contributed by atoms with E-state index >= 15 is 4.39 Å². The van der Waals surface area contributed by atoms with E-state index in [0.29, 0.717) is 20.6 Å². The molecule has 0 atom stereocenters. The van der Waals surface area contributed by atoms with Gasteiger partial charge >= 0.3 is 157 Å². The molecular weight excluding hydrogens is 458 g/mol. The van der Waals surface area contributed by atoms with Crippen LogP contribution in [0.5, 0.6) is 11.5 Å². The summed E-state index contributed by atoms with van der Waals surface area (Å²) in [5, 5.41) is 16.4. The fourth-order valence-electron chi connectivity index (χ4n) is 4.41. The van der Waals surface area contributed by atoms with Gasteiger partial charge in [-0.1, -0.05) is 36.4 Å². The summed E-state index contributed by atoms with van der Waals surface area (Å²) in [6.45, 7) is 3.68. The Morgan fingerprint density at radius 1 is 1.06 bits per heavy atom. The molecule has 6 nitrogen and oxygen atoms in total. The van der Waals surface area contributed by atoms with Crippen molar-refractivity contribution in [3.8, 4) is 22.8 Å². The van der Waals surface area contributed by atoms with Crippen LogP contribution in [0.3, 0.4) is 0 Å². The molecule has 2 heterocycles. The summed E-state index contributed by atoms with van der Waals surface area (Å²) in [7, 11) is 0. The number of aryl methyl sites for hydroxylation is 1. The average molecular weight is 479 g/mol. The Bertz CT molecular complexity index is 1500. The number of hydrogen-bond donors (Lipinski definition) is 1. The quantitative estimate of drug-likeness (QED) is 0.292. The summed E-state index contributed by atoms with van der Waals surface area (Å²) < 4.78 is 21.1. The molecule has 8 heteroatoms. The van der Waals surface area contributed by atoms with E-state index < -0.39 is 32.1 Å². The van der Waals surface area contributed by atoms with Gasteiger partial charge in [-0.25, -0.2) is 0 Å². The van der Waals surface area contributed by atoms with Crippen LogP contribution in [0.2, 0.25) is 0 Å². The van der Waals surface area contributed by atoms with Gasteiger partial charge in [0, 0.05) is 0 Å². The summed E-state index contributed by atoms with van der Waals surface area (Å²) >= 11 is -1.76. The molecule has 4 aromatic rings.